The lowest BCUT2D eigenvalue weighted by molar-refractivity contribution is 0.700. The molecule has 19 heavy (non-hydrogen) atoms. The quantitative estimate of drug-likeness (QED) is 0.337. The second-order valence-corrected chi connectivity index (χ2v) is 5.09. The van der Waals surface area contributed by atoms with E-state index >= 15 is 0 Å². The molecular weight excluding hydrogens is 236 g/mol. The summed E-state index contributed by atoms with van der Waals surface area (Å²) in [6, 6.07) is 8.74. The second kappa shape index (κ2) is 7.14. The number of aryl methyl sites for hydroxylation is 1. The highest BCUT2D eigenvalue weighted by molar-refractivity contribution is 5.94. The summed E-state index contributed by atoms with van der Waals surface area (Å²) in [5.41, 5.74) is 5.09. The zero-order valence-corrected chi connectivity index (χ0v) is 11.7. The molecule has 1 aliphatic rings. The highest BCUT2D eigenvalue weighted by Crippen LogP contribution is 2.21. The first-order valence-electron chi connectivity index (χ1n) is 7.22. The Hall–Kier alpha value is -1.55. The van der Waals surface area contributed by atoms with Crippen molar-refractivity contribution in [1.82, 2.24) is 5.43 Å². The van der Waals surface area contributed by atoms with Crippen molar-refractivity contribution < 1.29 is 0 Å². The Morgan fingerprint density at radius 1 is 1.32 bits per heavy atom. The fraction of sp³-hybridized carbons (Fsp3) is 0.533. The third-order valence-corrected chi connectivity index (χ3v) is 3.56. The number of nitrogens with zero attached hydrogens (tertiary/aromatic N) is 1. The number of hydrogen-bond acceptors (Lipinski definition) is 2. The molecule has 0 atom stereocenters. The van der Waals surface area contributed by atoms with E-state index in [9.17, 15) is 0 Å². The number of nitrogens with two attached hydrogens (primary N) is 1. The molecule has 0 heterocycles. The van der Waals surface area contributed by atoms with Crippen LogP contribution in [0, 0.1) is 0 Å². The maximum absolute atomic E-state index is 5.58. The summed E-state index contributed by atoms with van der Waals surface area (Å²) >= 11 is 0. The van der Waals surface area contributed by atoms with Gasteiger partial charge in [0.2, 0.25) is 5.96 Å². The topological polar surface area (TPSA) is 62.4 Å². The van der Waals surface area contributed by atoms with E-state index in [-0.39, 0.29) is 0 Å². The Labute approximate surface area is 115 Å². The zero-order valence-electron chi connectivity index (χ0n) is 11.7. The summed E-state index contributed by atoms with van der Waals surface area (Å²) < 4.78 is 0. The monoisotopic (exact) mass is 260 g/mol. The summed E-state index contributed by atoms with van der Waals surface area (Å²) in [4.78, 5) is 4.66. The van der Waals surface area contributed by atoms with Gasteiger partial charge >= 0.3 is 0 Å². The Morgan fingerprint density at radius 3 is 2.74 bits per heavy atom. The fourth-order valence-electron chi connectivity index (χ4n) is 2.58. The number of nitrogens with one attached hydrogen (secondary N) is 2. The van der Waals surface area contributed by atoms with Gasteiger partial charge in [-0.3, -0.25) is 5.43 Å². The maximum atomic E-state index is 5.58. The molecular formula is C15H24N4. The predicted molar refractivity (Wildman–Crippen MR) is 81.1 cm³/mol. The van der Waals surface area contributed by atoms with Crippen LogP contribution in [0.5, 0.6) is 0 Å². The third-order valence-electron chi connectivity index (χ3n) is 3.56. The number of aliphatic imine (C=N–C) groups is 1. The van der Waals surface area contributed by atoms with E-state index in [1.165, 1.54) is 31.2 Å². The Bertz CT molecular complexity index is 422. The average Bonchev–Trinajstić information content (AvgIpc) is 2.93. The van der Waals surface area contributed by atoms with Crippen LogP contribution in [0.4, 0.5) is 5.69 Å². The number of hydrogen-bond donors (Lipinski definition) is 3. The summed E-state index contributed by atoms with van der Waals surface area (Å²) in [6.07, 6.45) is 7.08. The Morgan fingerprint density at radius 2 is 2.05 bits per heavy atom. The first-order chi connectivity index (χ1) is 9.33. The van der Waals surface area contributed by atoms with Crippen molar-refractivity contribution in [2.24, 2.45) is 10.8 Å². The maximum Gasteiger partial charge on any atom is 0.210 e. The Kier molecular flexibility index (Phi) is 5.21. The molecule has 1 aromatic carbocycles. The number of para-hydroxylation sites is 1. The molecule has 0 amide bonds. The lowest BCUT2D eigenvalue weighted by Gasteiger charge is -2.14. The fourth-order valence-corrected chi connectivity index (χ4v) is 2.58. The summed E-state index contributed by atoms with van der Waals surface area (Å²) in [6.45, 7) is 2.19. The van der Waals surface area contributed by atoms with Crippen LogP contribution in [0.25, 0.3) is 0 Å². The summed E-state index contributed by atoms with van der Waals surface area (Å²) in [7, 11) is 0. The van der Waals surface area contributed by atoms with Gasteiger partial charge in [-0.2, -0.15) is 0 Å². The van der Waals surface area contributed by atoms with Crippen molar-refractivity contribution >= 4 is 11.6 Å². The summed E-state index contributed by atoms with van der Waals surface area (Å²) in [5.74, 6) is 6.26. The second-order valence-electron chi connectivity index (χ2n) is 5.09. The normalized spacial score (nSPS) is 16.6. The van der Waals surface area contributed by atoms with E-state index in [1.807, 2.05) is 6.07 Å². The molecule has 0 bridgehead atoms. The van der Waals surface area contributed by atoms with E-state index in [1.54, 1.807) is 0 Å². The molecule has 0 unspecified atom stereocenters. The molecule has 4 N–H and O–H groups in total. The van der Waals surface area contributed by atoms with Gasteiger partial charge < -0.3 is 5.32 Å². The predicted octanol–water partition coefficient (Wildman–Crippen LogP) is 2.81. The molecule has 1 saturated carbocycles. The molecule has 1 fully saturated rings. The van der Waals surface area contributed by atoms with Gasteiger partial charge in [-0.05, 0) is 30.9 Å². The minimum atomic E-state index is 0.414. The van der Waals surface area contributed by atoms with Gasteiger partial charge in [-0.1, -0.05) is 44.4 Å². The smallest absolute Gasteiger partial charge is 0.210 e. The standard InChI is InChI=1S/C15H24N4/c1-2-7-12-8-3-6-11-14(12)18-15(19-16)17-13-9-4-5-10-13/h3,6,8,11,13H,2,4-5,7,9-10,16H2,1H3,(H2,17,18,19). The van der Waals surface area contributed by atoms with Crippen molar-refractivity contribution in [3.8, 4) is 0 Å². The van der Waals surface area contributed by atoms with Crippen molar-refractivity contribution in [1.29, 1.82) is 0 Å². The minimum Gasteiger partial charge on any atom is -0.325 e. The number of hydrazine groups is 1. The first-order valence-corrected chi connectivity index (χ1v) is 7.22. The molecule has 4 heteroatoms. The lowest BCUT2D eigenvalue weighted by Crippen LogP contribution is -2.37. The summed E-state index contributed by atoms with van der Waals surface area (Å²) in [5, 5.41) is 3.32. The van der Waals surface area contributed by atoms with Gasteiger partial charge in [0.25, 0.3) is 0 Å². The molecule has 0 aromatic heterocycles. The van der Waals surface area contributed by atoms with Crippen LogP contribution >= 0.6 is 0 Å². The number of anilines is 1. The average molecular weight is 260 g/mol. The van der Waals surface area contributed by atoms with Crippen LogP contribution in [0.3, 0.4) is 0 Å². The van der Waals surface area contributed by atoms with E-state index in [2.05, 4.69) is 40.9 Å². The van der Waals surface area contributed by atoms with Crippen LogP contribution in [0.1, 0.15) is 44.6 Å². The highest BCUT2D eigenvalue weighted by Gasteiger charge is 2.14. The number of guanidine groups is 1. The minimum absolute atomic E-state index is 0.414. The highest BCUT2D eigenvalue weighted by atomic mass is 15.3. The number of benzene rings is 1. The van der Waals surface area contributed by atoms with E-state index in [0.717, 1.165) is 18.5 Å². The molecule has 0 aliphatic heterocycles. The van der Waals surface area contributed by atoms with Gasteiger partial charge in [0.05, 0.1) is 6.04 Å². The van der Waals surface area contributed by atoms with Gasteiger partial charge in [0.15, 0.2) is 0 Å². The van der Waals surface area contributed by atoms with E-state index < -0.39 is 0 Å². The third kappa shape index (κ3) is 3.96. The molecule has 0 spiro atoms. The van der Waals surface area contributed by atoms with Crippen molar-refractivity contribution in [3.05, 3.63) is 29.8 Å². The van der Waals surface area contributed by atoms with Gasteiger partial charge in [-0.25, -0.2) is 10.8 Å². The van der Waals surface area contributed by atoms with Crippen LogP contribution in [0.2, 0.25) is 0 Å². The molecule has 1 aliphatic carbocycles. The zero-order chi connectivity index (χ0) is 13.5. The lowest BCUT2D eigenvalue weighted by atomic mass is 10.1. The van der Waals surface area contributed by atoms with Gasteiger partial charge in [0, 0.05) is 5.69 Å². The largest absolute Gasteiger partial charge is 0.325 e. The van der Waals surface area contributed by atoms with Crippen molar-refractivity contribution in [2.75, 3.05) is 5.32 Å². The van der Waals surface area contributed by atoms with E-state index in [0.29, 0.717) is 12.0 Å². The van der Waals surface area contributed by atoms with Crippen LogP contribution in [-0.2, 0) is 6.42 Å². The molecule has 0 radical (unpaired) electrons. The van der Waals surface area contributed by atoms with Crippen LogP contribution in [-0.4, -0.2) is 12.0 Å². The van der Waals surface area contributed by atoms with Crippen molar-refractivity contribution in [3.63, 3.8) is 0 Å². The van der Waals surface area contributed by atoms with Crippen LogP contribution in [0.15, 0.2) is 29.3 Å². The molecule has 104 valence electrons. The molecule has 4 nitrogen and oxygen atoms in total. The van der Waals surface area contributed by atoms with E-state index in [4.69, 9.17) is 5.84 Å². The van der Waals surface area contributed by atoms with Crippen LogP contribution < -0.4 is 16.6 Å². The molecule has 2 rings (SSSR count). The molecule has 1 aromatic rings. The van der Waals surface area contributed by atoms with Gasteiger partial charge in [-0.15, -0.1) is 0 Å². The van der Waals surface area contributed by atoms with Gasteiger partial charge in [0.1, 0.15) is 0 Å². The SMILES string of the molecule is CCCc1ccccc1NC(=NC1CCCC1)NN. The van der Waals surface area contributed by atoms with Crippen molar-refractivity contribution in [2.45, 2.75) is 51.5 Å². The number of rotatable bonds is 4. The molecule has 0 saturated heterocycles. The first kappa shape index (κ1) is 13.9. The Balaban J connectivity index is 2.09.